The molecule has 0 aliphatic rings. The summed E-state index contributed by atoms with van der Waals surface area (Å²) < 4.78 is 11.0. The fourth-order valence-corrected chi connectivity index (χ4v) is 2.02. The average molecular weight is 309 g/mol. The monoisotopic (exact) mass is 309 g/mol. The van der Waals surface area contributed by atoms with E-state index in [-0.39, 0.29) is 6.61 Å². The molecule has 0 saturated carbocycles. The second-order valence-corrected chi connectivity index (χ2v) is 4.64. The van der Waals surface area contributed by atoms with Crippen molar-refractivity contribution in [1.82, 2.24) is 0 Å². The van der Waals surface area contributed by atoms with Crippen LogP contribution >= 0.6 is 0 Å². The zero-order chi connectivity index (χ0) is 16.7. The van der Waals surface area contributed by atoms with Crippen LogP contribution in [0.4, 0.5) is 0 Å². The van der Waals surface area contributed by atoms with Gasteiger partial charge in [-0.15, -0.1) is 0 Å². The summed E-state index contributed by atoms with van der Waals surface area (Å²) in [5.41, 5.74) is 1.93. The Hall–Kier alpha value is -3.26. The van der Waals surface area contributed by atoms with Crippen LogP contribution in [0.15, 0.2) is 48.5 Å². The molecule has 116 valence electrons. The van der Waals surface area contributed by atoms with E-state index in [4.69, 9.17) is 19.8 Å². The maximum absolute atomic E-state index is 10.6. The number of carboxylic acid groups (broad SMARTS) is 1. The lowest BCUT2D eigenvalue weighted by molar-refractivity contribution is -0.131. The second-order valence-electron chi connectivity index (χ2n) is 4.64. The van der Waals surface area contributed by atoms with Crippen molar-refractivity contribution in [2.75, 3.05) is 7.11 Å². The van der Waals surface area contributed by atoms with E-state index in [0.29, 0.717) is 17.1 Å². The number of hydrogen-bond donors (Lipinski definition) is 1. The van der Waals surface area contributed by atoms with Gasteiger partial charge in [0, 0.05) is 11.6 Å². The lowest BCUT2D eigenvalue weighted by Gasteiger charge is -2.12. The smallest absolute Gasteiger partial charge is 0.328 e. The van der Waals surface area contributed by atoms with Gasteiger partial charge in [0.05, 0.1) is 12.7 Å². The molecule has 5 nitrogen and oxygen atoms in total. The summed E-state index contributed by atoms with van der Waals surface area (Å²) in [6.07, 6.45) is 2.56. The molecule has 0 atom stereocenters. The van der Waals surface area contributed by atoms with E-state index in [2.05, 4.69) is 6.07 Å². The maximum Gasteiger partial charge on any atom is 0.328 e. The number of rotatable bonds is 6. The molecule has 0 aromatic heterocycles. The van der Waals surface area contributed by atoms with E-state index in [9.17, 15) is 4.79 Å². The van der Waals surface area contributed by atoms with Crippen molar-refractivity contribution in [3.63, 3.8) is 0 Å². The van der Waals surface area contributed by atoms with Gasteiger partial charge in [-0.05, 0) is 35.9 Å². The fraction of sp³-hybridized carbons (Fsp3) is 0.111. The molecule has 0 aliphatic carbocycles. The minimum absolute atomic E-state index is 0.205. The van der Waals surface area contributed by atoms with Crippen molar-refractivity contribution in [3.8, 4) is 17.6 Å². The number of nitriles is 1. The minimum atomic E-state index is -1.01. The first kappa shape index (κ1) is 16.1. The summed E-state index contributed by atoms with van der Waals surface area (Å²) in [5.74, 6) is 0.108. The SMILES string of the molecule is COc1ccc(C=CC(=O)O)cc1COc1ccccc1C#N. The molecular weight excluding hydrogens is 294 g/mol. The normalized spacial score (nSPS) is 10.3. The van der Waals surface area contributed by atoms with E-state index in [1.165, 1.54) is 6.08 Å². The van der Waals surface area contributed by atoms with Gasteiger partial charge in [0.25, 0.3) is 0 Å². The van der Waals surface area contributed by atoms with Gasteiger partial charge in [0.15, 0.2) is 0 Å². The number of para-hydroxylation sites is 1. The van der Waals surface area contributed by atoms with Crippen LogP contribution in [0.2, 0.25) is 0 Å². The predicted octanol–water partition coefficient (Wildman–Crippen LogP) is 3.24. The molecule has 0 unspecified atom stereocenters. The predicted molar refractivity (Wildman–Crippen MR) is 85.2 cm³/mol. The van der Waals surface area contributed by atoms with Crippen molar-refractivity contribution in [2.45, 2.75) is 6.61 Å². The summed E-state index contributed by atoms with van der Waals surface area (Å²) in [6, 6.07) is 14.3. The summed E-state index contributed by atoms with van der Waals surface area (Å²) in [4.78, 5) is 10.6. The van der Waals surface area contributed by atoms with E-state index >= 15 is 0 Å². The molecule has 0 radical (unpaired) electrons. The minimum Gasteiger partial charge on any atom is -0.496 e. The van der Waals surface area contributed by atoms with Crippen LogP contribution in [0.3, 0.4) is 0 Å². The third-order valence-corrected chi connectivity index (χ3v) is 3.11. The van der Waals surface area contributed by atoms with Gasteiger partial charge in [0.2, 0.25) is 0 Å². The van der Waals surface area contributed by atoms with Gasteiger partial charge in [-0.25, -0.2) is 4.79 Å². The van der Waals surface area contributed by atoms with Crippen LogP contribution in [0, 0.1) is 11.3 Å². The second kappa shape index (κ2) is 7.66. The van der Waals surface area contributed by atoms with Gasteiger partial charge < -0.3 is 14.6 Å². The molecule has 0 aliphatic heterocycles. The first-order chi connectivity index (χ1) is 11.1. The number of methoxy groups -OCH3 is 1. The zero-order valence-corrected chi connectivity index (χ0v) is 12.5. The van der Waals surface area contributed by atoms with Gasteiger partial charge in [0.1, 0.15) is 24.2 Å². The molecular formula is C18H15NO4. The summed E-state index contributed by atoms with van der Waals surface area (Å²) in [6.45, 7) is 0.205. The maximum atomic E-state index is 10.6. The average Bonchev–Trinajstić information content (AvgIpc) is 2.58. The Kier molecular flexibility index (Phi) is 5.37. The van der Waals surface area contributed by atoms with E-state index in [1.807, 2.05) is 0 Å². The van der Waals surface area contributed by atoms with Crippen LogP contribution in [0.25, 0.3) is 6.08 Å². The molecule has 5 heteroatoms. The summed E-state index contributed by atoms with van der Waals surface area (Å²) in [5, 5.41) is 17.8. The molecule has 0 heterocycles. The number of aliphatic carboxylic acids is 1. The number of carbonyl (C=O) groups is 1. The van der Waals surface area contributed by atoms with Gasteiger partial charge >= 0.3 is 5.97 Å². The van der Waals surface area contributed by atoms with Crippen molar-refractivity contribution in [2.24, 2.45) is 0 Å². The Morgan fingerprint density at radius 2 is 2.04 bits per heavy atom. The van der Waals surface area contributed by atoms with Gasteiger partial charge in [-0.2, -0.15) is 5.26 Å². The molecule has 0 amide bonds. The van der Waals surface area contributed by atoms with Crippen LogP contribution in [0.5, 0.6) is 11.5 Å². The molecule has 2 aromatic rings. The van der Waals surface area contributed by atoms with Crippen molar-refractivity contribution in [3.05, 3.63) is 65.2 Å². The van der Waals surface area contributed by atoms with Crippen molar-refractivity contribution < 1.29 is 19.4 Å². The summed E-state index contributed by atoms with van der Waals surface area (Å²) in [7, 11) is 1.55. The number of benzene rings is 2. The van der Waals surface area contributed by atoms with Crippen LogP contribution in [0.1, 0.15) is 16.7 Å². The van der Waals surface area contributed by atoms with E-state index in [1.54, 1.807) is 49.6 Å². The Morgan fingerprint density at radius 3 is 2.74 bits per heavy atom. The number of nitrogens with zero attached hydrogens (tertiary/aromatic N) is 1. The van der Waals surface area contributed by atoms with Crippen molar-refractivity contribution >= 4 is 12.0 Å². The third kappa shape index (κ3) is 4.35. The number of carboxylic acids is 1. The van der Waals surface area contributed by atoms with Gasteiger partial charge in [-0.3, -0.25) is 0 Å². The highest BCUT2D eigenvalue weighted by molar-refractivity contribution is 5.85. The third-order valence-electron chi connectivity index (χ3n) is 3.11. The lowest BCUT2D eigenvalue weighted by Crippen LogP contribution is -2.00. The first-order valence-corrected chi connectivity index (χ1v) is 6.84. The van der Waals surface area contributed by atoms with Crippen LogP contribution in [-0.2, 0) is 11.4 Å². The number of hydrogen-bond acceptors (Lipinski definition) is 4. The molecule has 2 aromatic carbocycles. The zero-order valence-electron chi connectivity index (χ0n) is 12.5. The number of ether oxygens (including phenoxy) is 2. The van der Waals surface area contributed by atoms with E-state index in [0.717, 1.165) is 17.2 Å². The largest absolute Gasteiger partial charge is 0.496 e. The Labute approximate surface area is 134 Å². The molecule has 0 spiro atoms. The molecule has 0 bridgehead atoms. The highest BCUT2D eigenvalue weighted by Gasteiger charge is 2.07. The first-order valence-electron chi connectivity index (χ1n) is 6.84. The van der Waals surface area contributed by atoms with Crippen LogP contribution in [-0.4, -0.2) is 18.2 Å². The van der Waals surface area contributed by atoms with E-state index < -0.39 is 5.97 Å². The standard InChI is InChI=1S/C18H15NO4/c1-22-16-8-6-13(7-9-18(20)21)10-15(16)12-23-17-5-3-2-4-14(17)11-19/h2-10H,12H2,1H3,(H,20,21). The topological polar surface area (TPSA) is 79.6 Å². The van der Waals surface area contributed by atoms with Gasteiger partial charge in [-0.1, -0.05) is 18.2 Å². The summed E-state index contributed by atoms with van der Waals surface area (Å²) >= 11 is 0. The Bertz CT molecular complexity index is 775. The highest BCUT2D eigenvalue weighted by atomic mass is 16.5. The molecule has 1 N–H and O–H groups in total. The molecule has 2 rings (SSSR count). The van der Waals surface area contributed by atoms with Crippen LogP contribution < -0.4 is 9.47 Å². The lowest BCUT2D eigenvalue weighted by atomic mass is 10.1. The molecule has 23 heavy (non-hydrogen) atoms. The molecule has 0 saturated heterocycles. The quantitative estimate of drug-likeness (QED) is 0.829. The fourth-order valence-electron chi connectivity index (χ4n) is 2.02. The Balaban J connectivity index is 2.22. The van der Waals surface area contributed by atoms with Crippen molar-refractivity contribution in [1.29, 1.82) is 5.26 Å². The Morgan fingerprint density at radius 1 is 1.26 bits per heavy atom. The highest BCUT2D eigenvalue weighted by Crippen LogP contribution is 2.24. The molecule has 0 fully saturated rings.